The van der Waals surface area contributed by atoms with E-state index < -0.39 is 5.97 Å². The summed E-state index contributed by atoms with van der Waals surface area (Å²) in [5, 5.41) is 13.6. The molecule has 1 aliphatic rings. The van der Waals surface area contributed by atoms with E-state index in [1.54, 1.807) is 11.6 Å². The quantitative estimate of drug-likeness (QED) is 0.880. The fourth-order valence-corrected chi connectivity index (χ4v) is 3.20. The summed E-state index contributed by atoms with van der Waals surface area (Å²) in [6, 6.07) is 0. The molecular formula is C14H14N4O3S. The van der Waals surface area contributed by atoms with Crippen LogP contribution < -0.4 is 5.32 Å². The van der Waals surface area contributed by atoms with Crippen molar-refractivity contribution in [3.63, 3.8) is 0 Å². The summed E-state index contributed by atoms with van der Waals surface area (Å²) in [6.07, 6.45) is 5.27. The fraction of sp³-hybridized carbons (Fsp3) is 0.357. The highest BCUT2D eigenvalue weighted by atomic mass is 32.1. The Kier molecular flexibility index (Phi) is 4.10. The highest BCUT2D eigenvalue weighted by Crippen LogP contribution is 2.25. The second-order valence-corrected chi connectivity index (χ2v) is 6.00. The molecule has 0 bridgehead atoms. The molecule has 0 aliphatic heterocycles. The Hall–Kier alpha value is -2.35. The lowest BCUT2D eigenvalue weighted by Gasteiger charge is -2.21. The largest absolute Gasteiger partial charge is 0.481 e. The Bertz CT molecular complexity index is 716. The van der Waals surface area contributed by atoms with Gasteiger partial charge in [0.25, 0.3) is 0 Å². The van der Waals surface area contributed by atoms with E-state index >= 15 is 0 Å². The predicted molar refractivity (Wildman–Crippen MR) is 79.6 cm³/mol. The van der Waals surface area contributed by atoms with E-state index in [2.05, 4.69) is 20.3 Å². The standard InChI is InChI=1S/C14H14N4O3S/c19-12(20)4-10-6-22-14(17-10)18-13(21)8-1-2-11-9(3-8)5-15-7-16-11/h5-8H,1-4H2,(H,19,20)(H,17,18,21). The second-order valence-electron chi connectivity index (χ2n) is 5.14. The van der Waals surface area contributed by atoms with Gasteiger partial charge >= 0.3 is 5.97 Å². The predicted octanol–water partition coefficient (Wildman–Crippen LogP) is 1.30. The third-order valence-corrected chi connectivity index (χ3v) is 4.37. The number of thiazole rings is 1. The van der Waals surface area contributed by atoms with Gasteiger partial charge in [0.05, 0.1) is 12.1 Å². The van der Waals surface area contributed by atoms with Gasteiger partial charge in [0, 0.05) is 23.2 Å². The van der Waals surface area contributed by atoms with Crippen LogP contribution >= 0.6 is 11.3 Å². The van der Waals surface area contributed by atoms with Gasteiger partial charge in [0.15, 0.2) is 5.13 Å². The Labute approximate surface area is 130 Å². The number of nitrogens with one attached hydrogen (secondary N) is 1. The van der Waals surface area contributed by atoms with E-state index in [-0.39, 0.29) is 18.2 Å². The van der Waals surface area contributed by atoms with Crippen LogP contribution in [0.3, 0.4) is 0 Å². The van der Waals surface area contributed by atoms with Crippen molar-refractivity contribution >= 4 is 28.3 Å². The number of hydrogen-bond donors (Lipinski definition) is 2. The maximum Gasteiger partial charge on any atom is 0.309 e. The zero-order valence-corrected chi connectivity index (χ0v) is 12.5. The van der Waals surface area contributed by atoms with Gasteiger partial charge in [-0.25, -0.2) is 15.0 Å². The first-order valence-corrected chi connectivity index (χ1v) is 7.74. The molecule has 114 valence electrons. The van der Waals surface area contributed by atoms with Gasteiger partial charge in [-0.15, -0.1) is 11.3 Å². The van der Waals surface area contributed by atoms with Crippen LogP contribution in [0.5, 0.6) is 0 Å². The van der Waals surface area contributed by atoms with E-state index in [4.69, 9.17) is 5.11 Å². The minimum atomic E-state index is -0.938. The van der Waals surface area contributed by atoms with Gasteiger partial charge < -0.3 is 10.4 Å². The van der Waals surface area contributed by atoms with Crippen LogP contribution in [0.1, 0.15) is 23.4 Å². The number of rotatable bonds is 4. The molecule has 2 aromatic rings. The van der Waals surface area contributed by atoms with Crippen molar-refractivity contribution in [2.75, 3.05) is 5.32 Å². The van der Waals surface area contributed by atoms with Gasteiger partial charge in [-0.3, -0.25) is 9.59 Å². The molecule has 0 fully saturated rings. The Morgan fingerprint density at radius 2 is 2.32 bits per heavy atom. The number of aromatic nitrogens is 3. The molecule has 0 aromatic carbocycles. The number of carboxylic acids is 1. The van der Waals surface area contributed by atoms with Crippen LogP contribution in [0.15, 0.2) is 17.9 Å². The van der Waals surface area contributed by atoms with Crippen molar-refractivity contribution in [1.29, 1.82) is 0 Å². The summed E-state index contributed by atoms with van der Waals surface area (Å²) < 4.78 is 0. The number of amides is 1. The molecule has 2 heterocycles. The minimum Gasteiger partial charge on any atom is -0.481 e. The number of carbonyl (C=O) groups is 2. The zero-order chi connectivity index (χ0) is 15.5. The average Bonchev–Trinajstić information content (AvgIpc) is 2.93. The molecule has 1 atom stereocenters. The summed E-state index contributed by atoms with van der Waals surface area (Å²) in [6.45, 7) is 0. The lowest BCUT2D eigenvalue weighted by Crippen LogP contribution is -2.28. The number of carboxylic acid groups (broad SMARTS) is 1. The monoisotopic (exact) mass is 318 g/mol. The average molecular weight is 318 g/mol. The molecule has 2 aromatic heterocycles. The molecule has 0 saturated carbocycles. The molecule has 1 unspecified atom stereocenters. The summed E-state index contributed by atoms with van der Waals surface area (Å²) in [5.74, 6) is -1.16. The molecule has 1 aliphatic carbocycles. The smallest absolute Gasteiger partial charge is 0.309 e. The van der Waals surface area contributed by atoms with Crippen LogP contribution in [0.4, 0.5) is 5.13 Å². The zero-order valence-electron chi connectivity index (χ0n) is 11.7. The molecule has 22 heavy (non-hydrogen) atoms. The van der Waals surface area contributed by atoms with E-state index in [1.165, 1.54) is 17.7 Å². The maximum atomic E-state index is 12.3. The summed E-state index contributed by atoms with van der Waals surface area (Å²) in [5.41, 5.74) is 2.48. The molecule has 7 nitrogen and oxygen atoms in total. The lowest BCUT2D eigenvalue weighted by molar-refractivity contribution is -0.136. The Morgan fingerprint density at radius 1 is 1.45 bits per heavy atom. The molecule has 0 spiro atoms. The fourth-order valence-electron chi connectivity index (χ4n) is 2.49. The number of fused-ring (bicyclic) bond motifs is 1. The van der Waals surface area contributed by atoms with Gasteiger partial charge in [-0.2, -0.15) is 0 Å². The molecular weight excluding hydrogens is 304 g/mol. The lowest BCUT2D eigenvalue weighted by atomic mass is 9.87. The number of nitrogens with zero attached hydrogens (tertiary/aromatic N) is 3. The second kappa shape index (κ2) is 6.18. The van der Waals surface area contributed by atoms with Gasteiger partial charge in [-0.05, 0) is 24.8 Å². The van der Waals surface area contributed by atoms with Crippen molar-refractivity contribution in [3.8, 4) is 0 Å². The van der Waals surface area contributed by atoms with Gasteiger partial charge in [-0.1, -0.05) is 0 Å². The Balaban J connectivity index is 1.63. The molecule has 3 rings (SSSR count). The Morgan fingerprint density at radius 3 is 3.14 bits per heavy atom. The van der Waals surface area contributed by atoms with Crippen molar-refractivity contribution in [1.82, 2.24) is 15.0 Å². The summed E-state index contributed by atoms with van der Waals surface area (Å²) in [7, 11) is 0. The number of carbonyl (C=O) groups excluding carboxylic acids is 1. The number of anilines is 1. The molecule has 8 heteroatoms. The molecule has 2 N–H and O–H groups in total. The van der Waals surface area contributed by atoms with Crippen molar-refractivity contribution in [2.45, 2.75) is 25.7 Å². The van der Waals surface area contributed by atoms with Crippen molar-refractivity contribution in [3.05, 3.63) is 34.9 Å². The maximum absolute atomic E-state index is 12.3. The molecule has 0 saturated heterocycles. The first-order chi connectivity index (χ1) is 10.6. The number of hydrogen-bond acceptors (Lipinski definition) is 6. The van der Waals surface area contributed by atoms with Crippen LogP contribution in [-0.4, -0.2) is 31.9 Å². The van der Waals surface area contributed by atoms with Crippen LogP contribution in [-0.2, 0) is 28.9 Å². The highest BCUT2D eigenvalue weighted by Gasteiger charge is 2.26. The normalized spacial score (nSPS) is 16.8. The van der Waals surface area contributed by atoms with Crippen LogP contribution in [0, 0.1) is 5.92 Å². The van der Waals surface area contributed by atoms with E-state index in [0.29, 0.717) is 17.2 Å². The highest BCUT2D eigenvalue weighted by molar-refractivity contribution is 7.13. The molecule has 0 radical (unpaired) electrons. The minimum absolute atomic E-state index is 0.0919. The van der Waals surface area contributed by atoms with Crippen LogP contribution in [0.2, 0.25) is 0 Å². The SMILES string of the molecule is O=C(O)Cc1csc(NC(=O)C2CCc3ncncc3C2)n1. The van der Waals surface area contributed by atoms with E-state index in [1.807, 2.05) is 0 Å². The summed E-state index contributed by atoms with van der Waals surface area (Å²) in [4.78, 5) is 35.3. The van der Waals surface area contributed by atoms with Crippen molar-refractivity contribution < 1.29 is 14.7 Å². The summed E-state index contributed by atoms with van der Waals surface area (Å²) >= 11 is 1.24. The topological polar surface area (TPSA) is 105 Å². The third-order valence-electron chi connectivity index (χ3n) is 3.56. The van der Waals surface area contributed by atoms with E-state index in [9.17, 15) is 9.59 Å². The van der Waals surface area contributed by atoms with Gasteiger partial charge in [0.1, 0.15) is 6.33 Å². The first-order valence-electron chi connectivity index (χ1n) is 6.86. The van der Waals surface area contributed by atoms with Crippen molar-refractivity contribution in [2.24, 2.45) is 5.92 Å². The van der Waals surface area contributed by atoms with E-state index in [0.717, 1.165) is 24.1 Å². The molecule has 1 amide bonds. The van der Waals surface area contributed by atoms with Crippen LogP contribution in [0.25, 0.3) is 0 Å². The van der Waals surface area contributed by atoms with Gasteiger partial charge in [0.2, 0.25) is 5.91 Å². The number of aliphatic carboxylic acids is 1. The first kappa shape index (κ1) is 14.6. The number of aryl methyl sites for hydroxylation is 1. The third kappa shape index (κ3) is 3.28.